The van der Waals surface area contributed by atoms with Gasteiger partial charge in [0.2, 0.25) is 0 Å². The van der Waals surface area contributed by atoms with Crippen LogP contribution < -0.4 is 9.92 Å². The maximum absolute atomic E-state index is 12.0. The van der Waals surface area contributed by atoms with Gasteiger partial charge in [0.05, 0.1) is 5.69 Å². The van der Waals surface area contributed by atoms with Crippen LogP contribution in [0.1, 0.15) is 0 Å². The Morgan fingerprint density at radius 3 is 2.10 bits per heavy atom. The van der Waals surface area contributed by atoms with Gasteiger partial charge in [-0.25, -0.2) is 0 Å². The Morgan fingerprint density at radius 2 is 1.57 bits per heavy atom. The van der Waals surface area contributed by atoms with Crippen LogP contribution >= 0.6 is 0 Å². The molecule has 2 rings (SSSR count). The zero-order valence-corrected chi connectivity index (χ0v) is 12.1. The topological polar surface area (TPSA) is 124 Å². The minimum absolute atomic E-state index is 0.106. The average Bonchev–Trinajstić information content (AvgIpc) is 2.37. The highest BCUT2D eigenvalue weighted by atomic mass is 32.2. The predicted octanol–water partition coefficient (Wildman–Crippen LogP) is 1.28. The van der Waals surface area contributed by atoms with Gasteiger partial charge in [-0.1, -0.05) is 18.2 Å². The lowest BCUT2D eigenvalue weighted by atomic mass is 10.3. The van der Waals surface area contributed by atoms with Crippen molar-refractivity contribution in [2.75, 3.05) is 5.73 Å². The van der Waals surface area contributed by atoms with Gasteiger partial charge in [0.1, 0.15) is 15.5 Å². The first-order valence-electron chi connectivity index (χ1n) is 5.57. The monoisotopic (exact) mass is 329 g/mol. The molecule has 0 radical (unpaired) electrons. The van der Waals surface area contributed by atoms with Crippen molar-refractivity contribution in [1.82, 2.24) is 0 Å². The number of benzene rings is 2. The molecule has 7 nitrogen and oxygen atoms in total. The quantitative estimate of drug-likeness (QED) is 0.492. The summed E-state index contributed by atoms with van der Waals surface area (Å²) in [6.07, 6.45) is 0. The summed E-state index contributed by atoms with van der Waals surface area (Å²) in [4.78, 5) is -0.891. The van der Waals surface area contributed by atoms with Crippen LogP contribution in [0.4, 0.5) is 5.69 Å². The van der Waals surface area contributed by atoms with Crippen LogP contribution in [0.25, 0.3) is 0 Å². The van der Waals surface area contributed by atoms with E-state index in [4.69, 9.17) is 14.5 Å². The summed E-state index contributed by atoms with van der Waals surface area (Å²) < 4.78 is 59.8. The smallest absolute Gasteiger partial charge is 0.339 e. The predicted molar refractivity (Wildman–Crippen MR) is 74.9 cm³/mol. The molecule has 0 heterocycles. The fraction of sp³-hybridized carbons (Fsp3) is 0. The molecule has 0 fully saturated rings. The van der Waals surface area contributed by atoms with E-state index in [2.05, 4.69) is 0 Å². The molecule has 3 N–H and O–H groups in total. The van der Waals surface area contributed by atoms with Crippen molar-refractivity contribution in [3.63, 3.8) is 0 Å². The van der Waals surface area contributed by atoms with Gasteiger partial charge in [-0.3, -0.25) is 4.55 Å². The first-order valence-corrected chi connectivity index (χ1v) is 8.41. The van der Waals surface area contributed by atoms with Crippen LogP contribution in [-0.4, -0.2) is 21.4 Å². The minimum Gasteiger partial charge on any atom is -0.398 e. The van der Waals surface area contributed by atoms with E-state index < -0.39 is 30.8 Å². The third-order valence-corrected chi connectivity index (χ3v) is 4.67. The molecule has 0 amide bonds. The van der Waals surface area contributed by atoms with E-state index in [0.717, 1.165) is 18.2 Å². The van der Waals surface area contributed by atoms with Crippen LogP contribution in [0, 0.1) is 0 Å². The first-order chi connectivity index (χ1) is 9.70. The van der Waals surface area contributed by atoms with Crippen molar-refractivity contribution in [2.45, 2.75) is 9.79 Å². The maximum atomic E-state index is 12.0. The standard InChI is InChI=1S/C12H11NO6S2/c13-11-8-10(6-7-12(11)20(14,15)16)21(17,18)19-9-4-2-1-3-5-9/h1-8H,13H2,(H,14,15,16). The van der Waals surface area contributed by atoms with Gasteiger partial charge in [0.15, 0.2) is 0 Å². The summed E-state index contributed by atoms with van der Waals surface area (Å²) in [5.74, 6) is 0.106. The molecule has 0 saturated heterocycles. The van der Waals surface area contributed by atoms with Crippen molar-refractivity contribution in [3.8, 4) is 5.75 Å². The normalized spacial score (nSPS) is 12.0. The lowest BCUT2D eigenvalue weighted by Crippen LogP contribution is -2.11. The number of nitrogens with two attached hydrogens (primary N) is 1. The Labute approximate surface area is 121 Å². The molecule has 0 aliphatic rings. The number of hydrogen-bond acceptors (Lipinski definition) is 6. The van der Waals surface area contributed by atoms with E-state index >= 15 is 0 Å². The van der Waals surface area contributed by atoms with E-state index in [1.807, 2.05) is 0 Å². The molecule has 0 spiro atoms. The van der Waals surface area contributed by atoms with Crippen molar-refractivity contribution >= 4 is 25.9 Å². The molecule has 0 aromatic heterocycles. The van der Waals surface area contributed by atoms with Gasteiger partial charge in [0.25, 0.3) is 10.1 Å². The zero-order valence-electron chi connectivity index (χ0n) is 10.5. The van der Waals surface area contributed by atoms with Crippen molar-refractivity contribution in [1.29, 1.82) is 0 Å². The Hall–Kier alpha value is -2.10. The van der Waals surface area contributed by atoms with Crippen LogP contribution in [0.15, 0.2) is 58.3 Å². The fourth-order valence-electron chi connectivity index (χ4n) is 1.57. The Balaban J connectivity index is 2.40. The summed E-state index contributed by atoms with van der Waals surface area (Å²) in [6.45, 7) is 0. The molecule has 2 aromatic rings. The molecule has 0 aliphatic carbocycles. The van der Waals surface area contributed by atoms with Crippen molar-refractivity contribution in [2.24, 2.45) is 0 Å². The average molecular weight is 329 g/mol. The van der Waals surface area contributed by atoms with E-state index in [9.17, 15) is 16.8 Å². The molecule has 0 aliphatic heterocycles. The van der Waals surface area contributed by atoms with Crippen molar-refractivity contribution < 1.29 is 25.6 Å². The second-order valence-electron chi connectivity index (χ2n) is 4.03. The summed E-state index contributed by atoms with van der Waals surface area (Å²) in [7, 11) is -8.67. The second kappa shape index (κ2) is 5.35. The number of rotatable bonds is 4. The minimum atomic E-state index is -4.52. The summed E-state index contributed by atoms with van der Waals surface area (Å²) in [5.41, 5.74) is 5.05. The Kier molecular flexibility index (Phi) is 3.90. The molecule has 21 heavy (non-hydrogen) atoms. The molecular weight excluding hydrogens is 318 g/mol. The van der Waals surface area contributed by atoms with Crippen LogP contribution in [0.5, 0.6) is 5.75 Å². The largest absolute Gasteiger partial charge is 0.398 e. The highest BCUT2D eigenvalue weighted by molar-refractivity contribution is 7.87. The summed E-state index contributed by atoms with van der Waals surface area (Å²) in [5, 5.41) is 0. The fourth-order valence-corrected chi connectivity index (χ4v) is 3.13. The van der Waals surface area contributed by atoms with Gasteiger partial charge < -0.3 is 9.92 Å². The van der Waals surface area contributed by atoms with Gasteiger partial charge >= 0.3 is 10.1 Å². The molecule has 0 bridgehead atoms. The molecule has 0 atom stereocenters. The SMILES string of the molecule is Nc1cc(S(=O)(=O)Oc2ccccc2)ccc1S(=O)(=O)O. The van der Waals surface area contributed by atoms with E-state index in [1.165, 1.54) is 12.1 Å². The van der Waals surface area contributed by atoms with Gasteiger partial charge in [-0.2, -0.15) is 16.8 Å². The Morgan fingerprint density at radius 1 is 0.952 bits per heavy atom. The van der Waals surface area contributed by atoms with Crippen LogP contribution in [-0.2, 0) is 20.2 Å². The molecular formula is C12H11NO6S2. The lowest BCUT2D eigenvalue weighted by molar-refractivity contribution is 0.480. The lowest BCUT2D eigenvalue weighted by Gasteiger charge is -2.08. The number of hydrogen-bond donors (Lipinski definition) is 2. The maximum Gasteiger partial charge on any atom is 0.339 e. The van der Waals surface area contributed by atoms with Gasteiger partial charge in [-0.15, -0.1) is 0 Å². The van der Waals surface area contributed by atoms with Crippen LogP contribution in [0.3, 0.4) is 0 Å². The summed E-state index contributed by atoms with van der Waals surface area (Å²) >= 11 is 0. The van der Waals surface area contributed by atoms with Crippen molar-refractivity contribution in [3.05, 3.63) is 48.5 Å². The van der Waals surface area contributed by atoms with Crippen LogP contribution in [0.2, 0.25) is 0 Å². The highest BCUT2D eigenvalue weighted by Crippen LogP contribution is 2.24. The zero-order chi connectivity index (χ0) is 15.7. The molecule has 112 valence electrons. The van der Waals surface area contributed by atoms with Gasteiger partial charge in [0, 0.05) is 0 Å². The molecule has 0 saturated carbocycles. The number of anilines is 1. The first kappa shape index (κ1) is 15.3. The molecule has 0 unspecified atom stereocenters. The summed E-state index contributed by atoms with van der Waals surface area (Å²) in [6, 6.07) is 10.6. The second-order valence-corrected chi connectivity index (χ2v) is 6.96. The Bertz CT molecular complexity index is 860. The molecule has 2 aromatic carbocycles. The number of nitrogen functional groups attached to an aromatic ring is 1. The highest BCUT2D eigenvalue weighted by Gasteiger charge is 2.21. The molecule has 9 heteroatoms. The van der Waals surface area contributed by atoms with E-state index in [-0.39, 0.29) is 10.6 Å². The third kappa shape index (κ3) is 3.51. The third-order valence-electron chi connectivity index (χ3n) is 2.50. The van der Waals surface area contributed by atoms with Gasteiger partial charge in [-0.05, 0) is 30.3 Å². The van der Waals surface area contributed by atoms with E-state index in [0.29, 0.717) is 0 Å². The number of para-hydroxylation sites is 1. The van der Waals surface area contributed by atoms with E-state index in [1.54, 1.807) is 18.2 Å².